The molecule has 1 aliphatic carbocycles. The molecule has 1 fully saturated rings. The van der Waals surface area contributed by atoms with E-state index in [1.165, 1.54) is 23.9 Å². The second kappa shape index (κ2) is 4.74. The first-order valence-electron chi connectivity index (χ1n) is 7.00. The number of nitrogens with zero attached hydrogens (tertiary/aromatic N) is 2. The van der Waals surface area contributed by atoms with Crippen LogP contribution in [0.1, 0.15) is 24.4 Å². The Balaban J connectivity index is 1.88. The summed E-state index contributed by atoms with van der Waals surface area (Å²) in [4.78, 5) is 4.56. The van der Waals surface area contributed by atoms with Gasteiger partial charge in [-0.15, -0.1) is 0 Å². The summed E-state index contributed by atoms with van der Waals surface area (Å²) in [5.74, 6) is 0.744. The summed E-state index contributed by atoms with van der Waals surface area (Å²) in [7, 11) is 0. The molecule has 3 aromatic rings. The normalized spacial score (nSPS) is 16.4. The SMILES string of the molecule is Brc1ccc2ncn(C(c3ccccc3)C3CC3)c2c1. The molecule has 1 aromatic heterocycles. The van der Waals surface area contributed by atoms with E-state index in [9.17, 15) is 0 Å². The maximum atomic E-state index is 4.56. The number of fused-ring (bicyclic) bond motifs is 1. The first-order valence-corrected chi connectivity index (χ1v) is 7.79. The Morgan fingerprint density at radius 1 is 1.10 bits per heavy atom. The van der Waals surface area contributed by atoms with Crippen LogP contribution in [0.4, 0.5) is 0 Å². The van der Waals surface area contributed by atoms with E-state index in [1.807, 2.05) is 12.4 Å². The van der Waals surface area contributed by atoms with E-state index in [-0.39, 0.29) is 0 Å². The molecule has 0 bridgehead atoms. The molecule has 1 heterocycles. The predicted octanol–water partition coefficient (Wildman–Crippen LogP) is 4.80. The summed E-state index contributed by atoms with van der Waals surface area (Å²) < 4.78 is 3.45. The molecule has 0 aliphatic heterocycles. The molecule has 4 rings (SSSR count). The van der Waals surface area contributed by atoms with Crippen molar-refractivity contribution in [2.24, 2.45) is 5.92 Å². The maximum Gasteiger partial charge on any atom is 0.0964 e. The number of hydrogen-bond donors (Lipinski definition) is 0. The molecule has 1 aliphatic rings. The third kappa shape index (κ3) is 2.06. The quantitative estimate of drug-likeness (QED) is 0.676. The maximum absolute atomic E-state index is 4.56. The summed E-state index contributed by atoms with van der Waals surface area (Å²) in [5.41, 5.74) is 3.66. The minimum absolute atomic E-state index is 0.413. The van der Waals surface area contributed by atoms with Crippen molar-refractivity contribution in [1.82, 2.24) is 9.55 Å². The lowest BCUT2D eigenvalue weighted by molar-refractivity contribution is 0.532. The van der Waals surface area contributed by atoms with Crippen LogP contribution in [0.25, 0.3) is 11.0 Å². The van der Waals surface area contributed by atoms with E-state index >= 15 is 0 Å². The van der Waals surface area contributed by atoms with Gasteiger partial charge in [-0.3, -0.25) is 0 Å². The molecule has 0 N–H and O–H groups in total. The van der Waals surface area contributed by atoms with Crippen molar-refractivity contribution >= 4 is 27.0 Å². The number of imidazole rings is 1. The summed E-state index contributed by atoms with van der Waals surface area (Å²) >= 11 is 3.57. The number of rotatable bonds is 3. The highest BCUT2D eigenvalue weighted by molar-refractivity contribution is 9.10. The Morgan fingerprint density at radius 2 is 1.90 bits per heavy atom. The molecule has 3 heteroatoms. The molecule has 1 atom stereocenters. The van der Waals surface area contributed by atoms with Gasteiger partial charge in [-0.25, -0.2) is 4.98 Å². The van der Waals surface area contributed by atoms with Crippen LogP contribution >= 0.6 is 15.9 Å². The highest BCUT2D eigenvalue weighted by Gasteiger charge is 2.34. The van der Waals surface area contributed by atoms with E-state index in [2.05, 4.69) is 67.9 Å². The molecule has 1 saturated carbocycles. The van der Waals surface area contributed by atoms with E-state index < -0.39 is 0 Å². The standard InChI is InChI=1S/C17H15BrN2/c18-14-8-9-15-16(10-14)20(11-19-15)17(13-6-7-13)12-4-2-1-3-5-12/h1-5,8-11,13,17H,6-7H2. The fraction of sp³-hybridized carbons (Fsp3) is 0.235. The van der Waals surface area contributed by atoms with Gasteiger partial charge in [0.05, 0.1) is 23.4 Å². The Kier molecular flexibility index (Phi) is 2.88. The van der Waals surface area contributed by atoms with E-state index in [0.717, 1.165) is 15.9 Å². The highest BCUT2D eigenvalue weighted by atomic mass is 79.9. The first-order chi connectivity index (χ1) is 9.83. The minimum atomic E-state index is 0.413. The average molecular weight is 327 g/mol. The molecule has 0 radical (unpaired) electrons. The van der Waals surface area contributed by atoms with E-state index in [0.29, 0.717) is 6.04 Å². The molecular formula is C17H15BrN2. The van der Waals surface area contributed by atoms with Gasteiger partial charge in [-0.1, -0.05) is 46.3 Å². The van der Waals surface area contributed by atoms with Gasteiger partial charge in [0.15, 0.2) is 0 Å². The number of aromatic nitrogens is 2. The lowest BCUT2D eigenvalue weighted by Crippen LogP contribution is -2.11. The van der Waals surface area contributed by atoms with Crippen LogP contribution in [-0.2, 0) is 0 Å². The van der Waals surface area contributed by atoms with Gasteiger partial charge in [0, 0.05) is 4.47 Å². The minimum Gasteiger partial charge on any atom is -0.323 e. The van der Waals surface area contributed by atoms with Crippen LogP contribution in [0.15, 0.2) is 59.3 Å². The van der Waals surface area contributed by atoms with Crippen molar-refractivity contribution < 1.29 is 0 Å². The fourth-order valence-corrected chi connectivity index (χ4v) is 3.29. The van der Waals surface area contributed by atoms with Crippen LogP contribution in [0, 0.1) is 5.92 Å². The molecule has 1 unspecified atom stereocenters. The second-order valence-corrected chi connectivity index (χ2v) is 6.39. The molecule has 2 nitrogen and oxygen atoms in total. The van der Waals surface area contributed by atoms with Crippen LogP contribution in [0.3, 0.4) is 0 Å². The molecule has 0 saturated heterocycles. The number of hydrogen-bond acceptors (Lipinski definition) is 1. The predicted molar refractivity (Wildman–Crippen MR) is 84.7 cm³/mol. The summed E-state index contributed by atoms with van der Waals surface area (Å²) in [6.45, 7) is 0. The zero-order chi connectivity index (χ0) is 13.5. The van der Waals surface area contributed by atoms with Crippen molar-refractivity contribution in [2.45, 2.75) is 18.9 Å². The van der Waals surface area contributed by atoms with Crippen LogP contribution in [-0.4, -0.2) is 9.55 Å². The topological polar surface area (TPSA) is 17.8 Å². The fourth-order valence-electron chi connectivity index (χ4n) is 2.94. The first kappa shape index (κ1) is 12.2. The zero-order valence-electron chi connectivity index (χ0n) is 11.0. The smallest absolute Gasteiger partial charge is 0.0964 e. The van der Waals surface area contributed by atoms with Gasteiger partial charge >= 0.3 is 0 Å². The third-order valence-corrected chi connectivity index (χ3v) is 4.54. The Hall–Kier alpha value is -1.61. The summed E-state index contributed by atoms with van der Waals surface area (Å²) in [6.07, 6.45) is 4.62. The monoisotopic (exact) mass is 326 g/mol. The average Bonchev–Trinajstić information content (AvgIpc) is 3.22. The van der Waals surface area contributed by atoms with Gasteiger partial charge in [0.1, 0.15) is 0 Å². The molecular weight excluding hydrogens is 312 g/mol. The van der Waals surface area contributed by atoms with Crippen molar-refractivity contribution in [3.63, 3.8) is 0 Å². The zero-order valence-corrected chi connectivity index (χ0v) is 12.6. The van der Waals surface area contributed by atoms with Crippen LogP contribution < -0.4 is 0 Å². The lowest BCUT2D eigenvalue weighted by Gasteiger charge is -2.19. The largest absolute Gasteiger partial charge is 0.323 e. The highest BCUT2D eigenvalue weighted by Crippen LogP contribution is 2.44. The second-order valence-electron chi connectivity index (χ2n) is 5.48. The Bertz CT molecular complexity index is 744. The van der Waals surface area contributed by atoms with Gasteiger partial charge in [-0.05, 0) is 42.5 Å². The summed E-state index contributed by atoms with van der Waals surface area (Å²) in [5, 5.41) is 0. The van der Waals surface area contributed by atoms with Gasteiger partial charge in [0.25, 0.3) is 0 Å². The molecule has 2 aromatic carbocycles. The molecule has 20 heavy (non-hydrogen) atoms. The van der Waals surface area contributed by atoms with E-state index in [1.54, 1.807) is 0 Å². The number of benzene rings is 2. The lowest BCUT2D eigenvalue weighted by atomic mass is 10.0. The molecule has 100 valence electrons. The molecule has 0 amide bonds. The van der Waals surface area contributed by atoms with Crippen molar-refractivity contribution in [3.8, 4) is 0 Å². The summed E-state index contributed by atoms with van der Waals surface area (Å²) in [6, 6.07) is 17.5. The van der Waals surface area contributed by atoms with Crippen molar-refractivity contribution in [2.75, 3.05) is 0 Å². The van der Waals surface area contributed by atoms with Crippen molar-refractivity contribution in [1.29, 1.82) is 0 Å². The van der Waals surface area contributed by atoms with Gasteiger partial charge < -0.3 is 4.57 Å². The third-order valence-electron chi connectivity index (χ3n) is 4.05. The number of halogens is 1. The van der Waals surface area contributed by atoms with Gasteiger partial charge in [-0.2, -0.15) is 0 Å². The van der Waals surface area contributed by atoms with Crippen LogP contribution in [0.2, 0.25) is 0 Å². The molecule has 0 spiro atoms. The van der Waals surface area contributed by atoms with Gasteiger partial charge in [0.2, 0.25) is 0 Å². The Morgan fingerprint density at radius 3 is 2.65 bits per heavy atom. The Labute approximate surface area is 126 Å². The van der Waals surface area contributed by atoms with Crippen LogP contribution in [0.5, 0.6) is 0 Å². The van der Waals surface area contributed by atoms with Crippen molar-refractivity contribution in [3.05, 3.63) is 64.9 Å². The van der Waals surface area contributed by atoms with E-state index in [4.69, 9.17) is 0 Å².